The number of pyridine rings is 1. The number of amides is 1. The number of aromatic nitrogens is 1. The van der Waals surface area contributed by atoms with Gasteiger partial charge in [0.2, 0.25) is 5.91 Å². The fourth-order valence-corrected chi connectivity index (χ4v) is 5.60. The highest BCUT2D eigenvalue weighted by atomic mass is 32.2. The summed E-state index contributed by atoms with van der Waals surface area (Å²) in [5.74, 6) is 1.88. The van der Waals surface area contributed by atoms with Crippen LogP contribution in [0, 0.1) is 0 Å². The number of fused-ring (bicyclic) bond motifs is 1. The number of carbonyl (C=O) groups excluding carboxylic acids is 1. The highest BCUT2D eigenvalue weighted by Crippen LogP contribution is 2.33. The van der Waals surface area contributed by atoms with Gasteiger partial charge >= 0.3 is 0 Å². The van der Waals surface area contributed by atoms with Gasteiger partial charge in [0, 0.05) is 29.0 Å². The second-order valence-corrected chi connectivity index (χ2v) is 10.4. The molecule has 0 bridgehead atoms. The van der Waals surface area contributed by atoms with Gasteiger partial charge in [0.05, 0.1) is 23.7 Å². The van der Waals surface area contributed by atoms with Gasteiger partial charge in [-0.1, -0.05) is 85.8 Å². The lowest BCUT2D eigenvalue weighted by Gasteiger charge is -2.20. The minimum Gasteiger partial charge on any atom is -0.349 e. The molecule has 0 fully saturated rings. The van der Waals surface area contributed by atoms with Crippen molar-refractivity contribution >= 4 is 28.6 Å². The van der Waals surface area contributed by atoms with Crippen molar-refractivity contribution in [1.29, 1.82) is 0 Å². The first-order valence-corrected chi connectivity index (χ1v) is 13.7. The van der Waals surface area contributed by atoms with Crippen LogP contribution in [0.4, 0.5) is 0 Å². The van der Waals surface area contributed by atoms with Crippen LogP contribution in [-0.4, -0.2) is 42.2 Å². The Morgan fingerprint density at radius 1 is 0.917 bits per heavy atom. The molecule has 1 heterocycles. The third-order valence-corrected chi connectivity index (χ3v) is 7.33. The van der Waals surface area contributed by atoms with Gasteiger partial charge in [-0.05, 0) is 43.3 Å². The van der Waals surface area contributed by atoms with Gasteiger partial charge in [0.1, 0.15) is 0 Å². The first-order chi connectivity index (χ1) is 17.6. The molecule has 0 aliphatic heterocycles. The number of para-hydroxylation sites is 1. The van der Waals surface area contributed by atoms with Crippen molar-refractivity contribution in [1.82, 2.24) is 15.2 Å². The zero-order chi connectivity index (χ0) is 25.3. The van der Waals surface area contributed by atoms with Crippen molar-refractivity contribution in [2.24, 2.45) is 0 Å². The molecule has 1 amide bonds. The molecule has 36 heavy (non-hydrogen) atoms. The van der Waals surface area contributed by atoms with E-state index in [0.717, 1.165) is 63.3 Å². The van der Waals surface area contributed by atoms with Crippen LogP contribution in [0.25, 0.3) is 22.2 Å². The highest BCUT2D eigenvalue weighted by Gasteiger charge is 2.20. The fraction of sp³-hybridized carbons (Fsp3) is 0.290. The zero-order valence-electron chi connectivity index (χ0n) is 21.4. The first kappa shape index (κ1) is 25.9. The quantitative estimate of drug-likeness (QED) is 0.240. The molecule has 5 heteroatoms. The van der Waals surface area contributed by atoms with Crippen LogP contribution >= 0.6 is 11.8 Å². The first-order valence-electron chi connectivity index (χ1n) is 12.6. The molecule has 0 aliphatic carbocycles. The summed E-state index contributed by atoms with van der Waals surface area (Å²) in [7, 11) is 4.19. The molecule has 0 saturated heterocycles. The Labute approximate surface area is 219 Å². The van der Waals surface area contributed by atoms with Gasteiger partial charge in [-0.25, -0.2) is 4.98 Å². The Kier molecular flexibility index (Phi) is 9.15. The summed E-state index contributed by atoms with van der Waals surface area (Å²) in [5.41, 5.74) is 6.37. The molecule has 4 rings (SSSR count). The maximum atomic E-state index is 13.5. The maximum absolute atomic E-state index is 13.5. The molecule has 186 valence electrons. The van der Waals surface area contributed by atoms with Crippen LogP contribution in [0.15, 0.2) is 84.9 Å². The van der Waals surface area contributed by atoms with Gasteiger partial charge in [-0.3, -0.25) is 4.79 Å². The average Bonchev–Trinajstić information content (AvgIpc) is 2.91. The lowest BCUT2D eigenvalue weighted by Crippen LogP contribution is -2.30. The lowest BCUT2D eigenvalue weighted by molar-refractivity contribution is -0.121. The molecule has 0 radical (unpaired) electrons. The number of nitrogens with one attached hydrogen (secondary N) is 1. The number of hydrogen-bond donors (Lipinski definition) is 1. The van der Waals surface area contributed by atoms with E-state index in [1.807, 2.05) is 66.4 Å². The molecule has 0 saturated carbocycles. The van der Waals surface area contributed by atoms with Crippen LogP contribution in [0.3, 0.4) is 0 Å². The third kappa shape index (κ3) is 6.54. The van der Waals surface area contributed by atoms with Crippen molar-refractivity contribution < 1.29 is 4.79 Å². The molecule has 0 spiro atoms. The van der Waals surface area contributed by atoms with E-state index in [0.29, 0.717) is 6.42 Å². The molecule has 1 aromatic heterocycles. The van der Waals surface area contributed by atoms with Crippen molar-refractivity contribution in [3.63, 3.8) is 0 Å². The van der Waals surface area contributed by atoms with Gasteiger partial charge < -0.3 is 10.2 Å². The molecular formula is C31H35N3OS. The minimum absolute atomic E-state index is 0.00156. The van der Waals surface area contributed by atoms with Crippen LogP contribution in [-0.2, 0) is 17.0 Å². The third-order valence-electron chi connectivity index (χ3n) is 6.37. The van der Waals surface area contributed by atoms with Crippen LogP contribution < -0.4 is 5.32 Å². The summed E-state index contributed by atoms with van der Waals surface area (Å²) in [4.78, 5) is 20.8. The van der Waals surface area contributed by atoms with Crippen molar-refractivity contribution in [3.8, 4) is 11.3 Å². The predicted molar refractivity (Wildman–Crippen MR) is 153 cm³/mol. The van der Waals surface area contributed by atoms with Crippen molar-refractivity contribution in [2.75, 3.05) is 26.4 Å². The summed E-state index contributed by atoms with van der Waals surface area (Å²) < 4.78 is 0. The predicted octanol–water partition coefficient (Wildman–Crippen LogP) is 6.51. The molecule has 0 unspecified atom stereocenters. The van der Waals surface area contributed by atoms with E-state index in [1.165, 1.54) is 0 Å². The summed E-state index contributed by atoms with van der Waals surface area (Å²) in [5, 5.41) is 4.35. The Bertz CT molecular complexity index is 1280. The van der Waals surface area contributed by atoms with E-state index in [1.54, 1.807) is 0 Å². The smallest absolute Gasteiger partial charge is 0.224 e. The summed E-state index contributed by atoms with van der Waals surface area (Å²) in [6.07, 6.45) is 1.17. The van der Waals surface area contributed by atoms with E-state index in [9.17, 15) is 4.79 Å². The molecule has 4 nitrogen and oxygen atoms in total. The topological polar surface area (TPSA) is 45.2 Å². The Morgan fingerprint density at radius 3 is 2.28 bits per heavy atom. The standard InChI is InChI=1S/C31H35N3OS/c1-4-28(23-13-7-5-8-14-23)32-30(35)21-26-25-17-11-12-18-29(25)33-31(24-15-9-6-10-16-24)27(26)22-36-20-19-34(2)3/h5-18,28H,4,19-22H2,1-3H3,(H,32,35)/t28-/m0/s1. The molecular weight excluding hydrogens is 462 g/mol. The molecule has 1 N–H and O–H groups in total. The monoisotopic (exact) mass is 497 g/mol. The lowest BCUT2D eigenvalue weighted by atomic mass is 9.95. The van der Waals surface area contributed by atoms with E-state index in [-0.39, 0.29) is 11.9 Å². The fourth-order valence-electron chi connectivity index (χ4n) is 4.45. The van der Waals surface area contributed by atoms with Gasteiger partial charge in [-0.2, -0.15) is 11.8 Å². The van der Waals surface area contributed by atoms with E-state index in [4.69, 9.17) is 4.98 Å². The SMILES string of the molecule is CC[C@H](NC(=O)Cc1c(CSCCN(C)C)c(-c2ccccc2)nc2ccccc12)c1ccccc1. The maximum Gasteiger partial charge on any atom is 0.224 e. The van der Waals surface area contributed by atoms with Crippen LogP contribution in [0.2, 0.25) is 0 Å². The van der Waals surface area contributed by atoms with Gasteiger partial charge in [0.25, 0.3) is 0 Å². The summed E-state index contributed by atoms with van der Waals surface area (Å²) in [6, 6.07) is 28.8. The summed E-state index contributed by atoms with van der Waals surface area (Å²) in [6.45, 7) is 3.12. The van der Waals surface area contributed by atoms with E-state index >= 15 is 0 Å². The zero-order valence-corrected chi connectivity index (χ0v) is 22.2. The number of hydrogen-bond acceptors (Lipinski definition) is 4. The van der Waals surface area contributed by atoms with Gasteiger partial charge in [-0.15, -0.1) is 0 Å². The number of rotatable bonds is 11. The van der Waals surface area contributed by atoms with E-state index in [2.05, 4.69) is 61.6 Å². The molecule has 0 aliphatic rings. The largest absolute Gasteiger partial charge is 0.349 e. The molecule has 3 aromatic carbocycles. The highest BCUT2D eigenvalue weighted by molar-refractivity contribution is 7.98. The molecule has 4 aromatic rings. The average molecular weight is 498 g/mol. The van der Waals surface area contributed by atoms with Crippen LogP contribution in [0.5, 0.6) is 0 Å². The Hall–Kier alpha value is -3.15. The number of nitrogens with zero attached hydrogens (tertiary/aromatic N) is 2. The second kappa shape index (κ2) is 12.7. The minimum atomic E-state index is -0.00156. The number of thioether (sulfide) groups is 1. The molecule has 1 atom stereocenters. The Morgan fingerprint density at radius 2 is 1.58 bits per heavy atom. The number of carbonyl (C=O) groups is 1. The second-order valence-electron chi connectivity index (χ2n) is 9.27. The van der Waals surface area contributed by atoms with Crippen LogP contribution in [0.1, 0.15) is 36.1 Å². The van der Waals surface area contributed by atoms with E-state index < -0.39 is 0 Å². The van der Waals surface area contributed by atoms with Crippen molar-refractivity contribution in [3.05, 3.63) is 102 Å². The van der Waals surface area contributed by atoms with Crippen molar-refractivity contribution in [2.45, 2.75) is 31.6 Å². The van der Waals surface area contributed by atoms with Gasteiger partial charge in [0.15, 0.2) is 0 Å². The Balaban J connectivity index is 1.72. The normalized spacial score (nSPS) is 12.1. The number of benzene rings is 3. The summed E-state index contributed by atoms with van der Waals surface area (Å²) >= 11 is 1.90.